The van der Waals surface area contributed by atoms with Gasteiger partial charge in [0.2, 0.25) is 5.91 Å². The molecular weight excluding hydrogens is 414 g/mol. The molecule has 0 saturated carbocycles. The number of hydrogen-bond acceptors (Lipinski definition) is 6. The number of amides is 2. The van der Waals surface area contributed by atoms with Gasteiger partial charge in [-0.05, 0) is 42.7 Å². The van der Waals surface area contributed by atoms with E-state index in [1.165, 1.54) is 32.6 Å². The molecule has 1 aliphatic rings. The van der Waals surface area contributed by atoms with Gasteiger partial charge in [-0.1, -0.05) is 12.1 Å². The van der Waals surface area contributed by atoms with Gasteiger partial charge in [-0.15, -0.1) is 0 Å². The number of likely N-dealkylation sites (tertiary alicyclic amines) is 1. The lowest BCUT2D eigenvalue weighted by Crippen LogP contribution is -2.42. The molecule has 3 rings (SSSR count). The highest BCUT2D eigenvalue weighted by Crippen LogP contribution is 2.25. The van der Waals surface area contributed by atoms with Crippen molar-refractivity contribution in [2.24, 2.45) is 11.0 Å². The Morgan fingerprint density at radius 1 is 1.00 bits per heavy atom. The number of nitrogens with zero attached hydrogens (tertiary/aromatic N) is 2. The number of carbonyl (C=O) groups is 3. The maximum absolute atomic E-state index is 12.9. The Kier molecular flexibility index (Phi) is 7.43. The lowest BCUT2D eigenvalue weighted by atomic mass is 9.95. The fourth-order valence-electron chi connectivity index (χ4n) is 3.43. The van der Waals surface area contributed by atoms with Crippen LogP contribution in [0.5, 0.6) is 11.5 Å². The van der Waals surface area contributed by atoms with Gasteiger partial charge >= 0.3 is 5.97 Å². The number of carbonyl (C=O) groups excluding carboxylic acids is 2. The summed E-state index contributed by atoms with van der Waals surface area (Å²) in [6, 6.07) is 11.2. The molecule has 32 heavy (non-hydrogen) atoms. The first-order valence-electron chi connectivity index (χ1n) is 10.1. The summed E-state index contributed by atoms with van der Waals surface area (Å²) in [7, 11) is 3.06. The summed E-state index contributed by atoms with van der Waals surface area (Å²) in [6.07, 6.45) is 2.52. The molecule has 168 valence electrons. The highest BCUT2D eigenvalue weighted by Gasteiger charge is 2.28. The molecule has 0 radical (unpaired) electrons. The number of carboxylic acid groups (broad SMARTS) is 1. The molecular formula is C23H25N3O6. The number of ether oxygens (including phenoxy) is 2. The van der Waals surface area contributed by atoms with Gasteiger partial charge in [0, 0.05) is 30.6 Å². The van der Waals surface area contributed by atoms with Crippen LogP contribution in [0.15, 0.2) is 47.6 Å². The number of carboxylic acids is 1. The van der Waals surface area contributed by atoms with Crippen LogP contribution < -0.4 is 14.9 Å². The Labute approximate surface area is 185 Å². The standard InChI is InChI=1S/C23H25N3O6/c1-31-19-11-18(12-20(13-19)32-2)22(28)26-9-7-16(8-10-26)21(27)25-24-14-15-3-5-17(6-4-15)23(29)30/h3-6,11-14,16H,7-10H2,1-2H3,(H,25,27)(H,29,30)/b24-14+. The van der Waals surface area contributed by atoms with Crippen molar-refractivity contribution in [1.82, 2.24) is 10.3 Å². The number of hydrazone groups is 1. The third kappa shape index (κ3) is 5.63. The topological polar surface area (TPSA) is 118 Å². The van der Waals surface area contributed by atoms with E-state index in [1.54, 1.807) is 35.2 Å². The van der Waals surface area contributed by atoms with Crippen molar-refractivity contribution in [2.45, 2.75) is 12.8 Å². The number of nitrogens with one attached hydrogen (secondary N) is 1. The lowest BCUT2D eigenvalue weighted by Gasteiger charge is -2.31. The number of rotatable bonds is 7. The second-order valence-corrected chi connectivity index (χ2v) is 7.33. The first-order chi connectivity index (χ1) is 15.4. The van der Waals surface area contributed by atoms with E-state index >= 15 is 0 Å². The van der Waals surface area contributed by atoms with Crippen molar-refractivity contribution >= 4 is 24.0 Å². The van der Waals surface area contributed by atoms with E-state index < -0.39 is 5.97 Å². The Bertz CT molecular complexity index is 989. The summed E-state index contributed by atoms with van der Waals surface area (Å²) in [6.45, 7) is 0.910. The molecule has 2 amide bonds. The summed E-state index contributed by atoms with van der Waals surface area (Å²) in [5, 5.41) is 12.9. The highest BCUT2D eigenvalue weighted by molar-refractivity contribution is 5.95. The Morgan fingerprint density at radius 3 is 2.12 bits per heavy atom. The fourth-order valence-corrected chi connectivity index (χ4v) is 3.43. The maximum Gasteiger partial charge on any atom is 0.335 e. The monoisotopic (exact) mass is 439 g/mol. The molecule has 0 unspecified atom stereocenters. The van der Waals surface area contributed by atoms with Crippen molar-refractivity contribution in [3.63, 3.8) is 0 Å². The van der Waals surface area contributed by atoms with Crippen molar-refractivity contribution in [3.8, 4) is 11.5 Å². The Balaban J connectivity index is 1.52. The van der Waals surface area contributed by atoms with E-state index in [-0.39, 0.29) is 23.3 Å². The average molecular weight is 439 g/mol. The molecule has 0 aliphatic carbocycles. The molecule has 1 aliphatic heterocycles. The highest BCUT2D eigenvalue weighted by atomic mass is 16.5. The second-order valence-electron chi connectivity index (χ2n) is 7.33. The van der Waals surface area contributed by atoms with Gasteiger partial charge in [-0.25, -0.2) is 10.2 Å². The van der Waals surface area contributed by atoms with Crippen molar-refractivity contribution < 1.29 is 29.0 Å². The summed E-state index contributed by atoms with van der Waals surface area (Å²) < 4.78 is 10.5. The van der Waals surface area contributed by atoms with Gasteiger partial charge in [-0.3, -0.25) is 9.59 Å². The summed E-state index contributed by atoms with van der Waals surface area (Å²) >= 11 is 0. The van der Waals surface area contributed by atoms with E-state index in [9.17, 15) is 14.4 Å². The van der Waals surface area contributed by atoms with Crippen LogP contribution in [0, 0.1) is 5.92 Å². The Hall–Kier alpha value is -3.88. The quantitative estimate of drug-likeness (QED) is 0.505. The van der Waals surface area contributed by atoms with Crippen molar-refractivity contribution in [1.29, 1.82) is 0 Å². The number of hydrogen-bond donors (Lipinski definition) is 2. The van der Waals surface area contributed by atoms with Crippen LogP contribution in [0.4, 0.5) is 0 Å². The zero-order valence-electron chi connectivity index (χ0n) is 17.9. The van der Waals surface area contributed by atoms with E-state index in [0.717, 1.165) is 0 Å². The third-order valence-electron chi connectivity index (χ3n) is 5.30. The molecule has 2 N–H and O–H groups in total. The van der Waals surface area contributed by atoms with Crippen molar-refractivity contribution in [2.75, 3.05) is 27.3 Å². The van der Waals surface area contributed by atoms with Gasteiger partial charge in [0.05, 0.1) is 26.0 Å². The minimum atomic E-state index is -1.00. The molecule has 2 aromatic carbocycles. The molecule has 2 aromatic rings. The van der Waals surface area contributed by atoms with Crippen LogP contribution in [-0.2, 0) is 4.79 Å². The van der Waals surface area contributed by atoms with E-state index in [2.05, 4.69) is 10.5 Å². The molecule has 0 spiro atoms. The lowest BCUT2D eigenvalue weighted by molar-refractivity contribution is -0.126. The second kappa shape index (κ2) is 10.4. The van der Waals surface area contributed by atoms with Gasteiger partial charge in [-0.2, -0.15) is 5.10 Å². The summed E-state index contributed by atoms with van der Waals surface area (Å²) in [5.41, 5.74) is 3.85. The molecule has 0 bridgehead atoms. The molecule has 1 saturated heterocycles. The predicted molar refractivity (Wildman–Crippen MR) is 117 cm³/mol. The number of aromatic carboxylic acids is 1. The summed E-state index contributed by atoms with van der Waals surface area (Å²) in [5.74, 6) is -0.514. The van der Waals surface area contributed by atoms with Crippen LogP contribution >= 0.6 is 0 Å². The van der Waals surface area contributed by atoms with Gasteiger partial charge < -0.3 is 19.5 Å². The minimum Gasteiger partial charge on any atom is -0.497 e. The smallest absolute Gasteiger partial charge is 0.335 e. The SMILES string of the molecule is COc1cc(OC)cc(C(=O)N2CCC(C(=O)N/N=C/c3ccc(C(=O)O)cc3)CC2)c1. The molecule has 0 atom stereocenters. The molecule has 1 fully saturated rings. The average Bonchev–Trinajstić information content (AvgIpc) is 2.83. The van der Waals surface area contributed by atoms with Crippen LogP contribution in [0.1, 0.15) is 39.1 Å². The zero-order chi connectivity index (χ0) is 23.1. The van der Waals surface area contributed by atoms with E-state index in [0.29, 0.717) is 48.6 Å². The summed E-state index contributed by atoms with van der Waals surface area (Å²) in [4.78, 5) is 37.8. The van der Waals surface area contributed by atoms with E-state index in [4.69, 9.17) is 14.6 Å². The number of benzene rings is 2. The van der Waals surface area contributed by atoms with Gasteiger partial charge in [0.15, 0.2) is 0 Å². The molecule has 9 nitrogen and oxygen atoms in total. The minimum absolute atomic E-state index is 0.135. The molecule has 9 heteroatoms. The normalized spacial score (nSPS) is 14.2. The zero-order valence-corrected chi connectivity index (χ0v) is 17.9. The first-order valence-corrected chi connectivity index (χ1v) is 10.1. The number of methoxy groups -OCH3 is 2. The van der Waals surface area contributed by atoms with Crippen LogP contribution in [-0.4, -0.2) is 61.3 Å². The Morgan fingerprint density at radius 2 is 1.59 bits per heavy atom. The van der Waals surface area contributed by atoms with Crippen molar-refractivity contribution in [3.05, 3.63) is 59.2 Å². The fraction of sp³-hybridized carbons (Fsp3) is 0.304. The predicted octanol–water partition coefficient (Wildman–Crippen LogP) is 2.40. The molecule has 1 heterocycles. The maximum atomic E-state index is 12.9. The largest absolute Gasteiger partial charge is 0.497 e. The third-order valence-corrected chi connectivity index (χ3v) is 5.30. The van der Waals surface area contributed by atoms with Crippen LogP contribution in [0.2, 0.25) is 0 Å². The number of piperidine rings is 1. The van der Waals surface area contributed by atoms with Gasteiger partial charge in [0.25, 0.3) is 5.91 Å². The molecule has 0 aromatic heterocycles. The van der Waals surface area contributed by atoms with Gasteiger partial charge in [0.1, 0.15) is 11.5 Å². The van der Waals surface area contributed by atoms with Crippen LogP contribution in [0.3, 0.4) is 0 Å². The van der Waals surface area contributed by atoms with Crippen LogP contribution in [0.25, 0.3) is 0 Å². The van der Waals surface area contributed by atoms with E-state index in [1.807, 2.05) is 0 Å². The first kappa shape index (κ1) is 22.8.